The normalized spacial score (nSPS) is 13.5. The van der Waals surface area contributed by atoms with Crippen LogP contribution in [0.2, 0.25) is 0 Å². The van der Waals surface area contributed by atoms with Gasteiger partial charge in [0.05, 0.1) is 11.5 Å². The zero-order valence-electron chi connectivity index (χ0n) is 9.96. The van der Waals surface area contributed by atoms with E-state index in [-0.39, 0.29) is 24.2 Å². The Labute approximate surface area is 103 Å². The predicted molar refractivity (Wildman–Crippen MR) is 68.5 cm³/mol. The van der Waals surface area contributed by atoms with E-state index in [1.807, 2.05) is 18.2 Å². The smallest absolute Gasteiger partial charge is 0.155 e. The average Bonchev–Trinajstić information content (AvgIpc) is 2.29. The van der Waals surface area contributed by atoms with Crippen molar-refractivity contribution in [3.63, 3.8) is 0 Å². The lowest BCUT2D eigenvalue weighted by molar-refractivity contribution is 0.272. The van der Waals surface area contributed by atoms with Gasteiger partial charge in [-0.3, -0.25) is 0 Å². The number of aliphatic hydroxyl groups excluding tert-OH is 1. The highest BCUT2D eigenvalue weighted by Gasteiger charge is 2.18. The Kier molecular flexibility index (Phi) is 5.61. The first-order chi connectivity index (χ1) is 8.07. The molecular weight excluding hydrogens is 238 g/mol. The third kappa shape index (κ3) is 5.30. The van der Waals surface area contributed by atoms with Gasteiger partial charge in [0.25, 0.3) is 0 Å². The molecule has 0 saturated carbocycles. The summed E-state index contributed by atoms with van der Waals surface area (Å²) in [5.41, 5.74) is 0.798. The third-order valence-corrected chi connectivity index (χ3v) is 4.25. The first-order valence-electron chi connectivity index (χ1n) is 5.60. The number of benzene rings is 1. The van der Waals surface area contributed by atoms with E-state index in [1.54, 1.807) is 19.2 Å². The molecule has 4 nitrogen and oxygen atoms in total. The van der Waals surface area contributed by atoms with Gasteiger partial charge in [0.15, 0.2) is 9.84 Å². The molecule has 0 saturated heterocycles. The second-order valence-corrected chi connectivity index (χ2v) is 6.15. The fourth-order valence-corrected chi connectivity index (χ4v) is 3.43. The highest BCUT2D eigenvalue weighted by Crippen LogP contribution is 2.08. The maximum absolute atomic E-state index is 11.9. The van der Waals surface area contributed by atoms with E-state index < -0.39 is 9.84 Å². The molecule has 0 spiro atoms. The number of nitrogens with one attached hydrogen (secondary N) is 1. The Morgan fingerprint density at radius 3 is 2.47 bits per heavy atom. The van der Waals surface area contributed by atoms with Gasteiger partial charge >= 0.3 is 0 Å². The molecule has 0 amide bonds. The largest absolute Gasteiger partial charge is 0.396 e. The summed E-state index contributed by atoms with van der Waals surface area (Å²) in [6.45, 7) is -0.00758. The maximum atomic E-state index is 11.9. The second kappa shape index (κ2) is 6.74. The average molecular weight is 257 g/mol. The number of hydrogen-bond acceptors (Lipinski definition) is 4. The van der Waals surface area contributed by atoms with Gasteiger partial charge in [-0.1, -0.05) is 30.3 Å². The molecule has 0 aliphatic rings. The van der Waals surface area contributed by atoms with Crippen molar-refractivity contribution in [2.75, 3.05) is 19.4 Å². The molecule has 0 heterocycles. The second-order valence-electron chi connectivity index (χ2n) is 4.04. The van der Waals surface area contributed by atoms with Crippen LogP contribution >= 0.6 is 0 Å². The van der Waals surface area contributed by atoms with Crippen molar-refractivity contribution in [2.45, 2.75) is 18.2 Å². The number of sulfone groups is 1. The molecule has 17 heavy (non-hydrogen) atoms. The molecule has 0 aliphatic heterocycles. The molecule has 1 aromatic carbocycles. The van der Waals surface area contributed by atoms with Gasteiger partial charge in [0.1, 0.15) is 0 Å². The van der Waals surface area contributed by atoms with Crippen LogP contribution < -0.4 is 5.32 Å². The van der Waals surface area contributed by atoms with Gasteiger partial charge in [-0.2, -0.15) is 0 Å². The van der Waals surface area contributed by atoms with Crippen LogP contribution in [0, 0.1) is 0 Å². The van der Waals surface area contributed by atoms with Gasteiger partial charge in [-0.15, -0.1) is 0 Å². The van der Waals surface area contributed by atoms with E-state index in [4.69, 9.17) is 5.11 Å². The Bertz CT molecular complexity index is 417. The topological polar surface area (TPSA) is 66.4 Å². The summed E-state index contributed by atoms with van der Waals surface area (Å²) in [5, 5.41) is 11.7. The predicted octanol–water partition coefficient (Wildman–Crippen LogP) is 0.572. The Morgan fingerprint density at radius 1 is 1.29 bits per heavy atom. The fraction of sp³-hybridized carbons (Fsp3) is 0.500. The SMILES string of the molecule is CNC(CCO)CS(=O)(=O)Cc1ccccc1. The molecule has 1 rings (SSSR count). The third-order valence-electron chi connectivity index (χ3n) is 2.57. The van der Waals surface area contributed by atoms with Crippen LogP contribution in [0.5, 0.6) is 0 Å². The van der Waals surface area contributed by atoms with Crippen molar-refractivity contribution >= 4 is 9.84 Å². The first kappa shape index (κ1) is 14.2. The first-order valence-corrected chi connectivity index (χ1v) is 7.42. The van der Waals surface area contributed by atoms with Crippen molar-refractivity contribution in [3.8, 4) is 0 Å². The van der Waals surface area contributed by atoms with Crippen LogP contribution in [0.15, 0.2) is 30.3 Å². The Hall–Kier alpha value is -0.910. The Balaban J connectivity index is 2.63. The number of rotatable bonds is 7. The molecule has 1 aromatic rings. The van der Waals surface area contributed by atoms with Crippen molar-refractivity contribution in [1.29, 1.82) is 0 Å². The molecule has 5 heteroatoms. The summed E-state index contributed by atoms with van der Waals surface area (Å²) >= 11 is 0. The summed E-state index contributed by atoms with van der Waals surface area (Å²) in [4.78, 5) is 0. The van der Waals surface area contributed by atoms with E-state index in [2.05, 4.69) is 5.32 Å². The monoisotopic (exact) mass is 257 g/mol. The summed E-state index contributed by atoms with van der Waals surface area (Å²) in [6.07, 6.45) is 0.449. The lowest BCUT2D eigenvalue weighted by atomic mass is 10.2. The van der Waals surface area contributed by atoms with E-state index in [0.29, 0.717) is 6.42 Å². The van der Waals surface area contributed by atoms with Crippen LogP contribution in [0.1, 0.15) is 12.0 Å². The fourth-order valence-electron chi connectivity index (χ4n) is 1.66. The lowest BCUT2D eigenvalue weighted by Crippen LogP contribution is -2.34. The van der Waals surface area contributed by atoms with Crippen LogP contribution in [0.25, 0.3) is 0 Å². The van der Waals surface area contributed by atoms with E-state index in [1.165, 1.54) is 0 Å². The Morgan fingerprint density at radius 2 is 1.94 bits per heavy atom. The van der Waals surface area contributed by atoms with Crippen molar-refractivity contribution in [2.24, 2.45) is 0 Å². The summed E-state index contributed by atoms with van der Waals surface area (Å²) < 4.78 is 23.8. The van der Waals surface area contributed by atoms with Crippen molar-refractivity contribution in [3.05, 3.63) is 35.9 Å². The zero-order valence-corrected chi connectivity index (χ0v) is 10.8. The van der Waals surface area contributed by atoms with E-state index >= 15 is 0 Å². The van der Waals surface area contributed by atoms with Crippen LogP contribution in [-0.2, 0) is 15.6 Å². The summed E-state index contributed by atoms with van der Waals surface area (Å²) in [6, 6.07) is 8.94. The summed E-state index contributed by atoms with van der Waals surface area (Å²) in [5.74, 6) is 0.108. The minimum Gasteiger partial charge on any atom is -0.396 e. The van der Waals surface area contributed by atoms with Gasteiger partial charge in [0, 0.05) is 12.6 Å². The quantitative estimate of drug-likeness (QED) is 0.749. The minimum atomic E-state index is -3.14. The highest BCUT2D eigenvalue weighted by molar-refractivity contribution is 7.90. The molecule has 2 N–H and O–H groups in total. The van der Waals surface area contributed by atoms with Gasteiger partial charge < -0.3 is 10.4 Å². The zero-order chi connectivity index (χ0) is 12.7. The van der Waals surface area contributed by atoms with Gasteiger partial charge in [0.2, 0.25) is 0 Å². The molecule has 0 aromatic heterocycles. The molecule has 0 radical (unpaired) electrons. The maximum Gasteiger partial charge on any atom is 0.155 e. The highest BCUT2D eigenvalue weighted by atomic mass is 32.2. The molecule has 1 atom stereocenters. The molecular formula is C12H19NO3S. The van der Waals surface area contributed by atoms with Crippen molar-refractivity contribution < 1.29 is 13.5 Å². The molecule has 96 valence electrons. The molecule has 0 aliphatic carbocycles. The van der Waals surface area contributed by atoms with Crippen LogP contribution in [-0.4, -0.2) is 39.0 Å². The number of aliphatic hydroxyl groups is 1. The molecule has 0 fully saturated rings. The number of hydrogen-bond donors (Lipinski definition) is 2. The lowest BCUT2D eigenvalue weighted by Gasteiger charge is -2.14. The van der Waals surface area contributed by atoms with E-state index in [9.17, 15) is 8.42 Å². The molecule has 1 unspecified atom stereocenters. The van der Waals surface area contributed by atoms with Gasteiger partial charge in [-0.05, 0) is 19.0 Å². The van der Waals surface area contributed by atoms with Crippen molar-refractivity contribution in [1.82, 2.24) is 5.32 Å². The van der Waals surface area contributed by atoms with Crippen LogP contribution in [0.3, 0.4) is 0 Å². The minimum absolute atomic E-state index is 0.00758. The molecule has 0 bridgehead atoms. The standard InChI is InChI=1S/C12H19NO3S/c1-13-12(7-8-14)10-17(15,16)9-11-5-3-2-4-6-11/h2-6,12-14H,7-10H2,1H3. The van der Waals surface area contributed by atoms with E-state index in [0.717, 1.165) is 5.56 Å². The van der Waals surface area contributed by atoms with Gasteiger partial charge in [-0.25, -0.2) is 8.42 Å². The van der Waals surface area contributed by atoms with Crippen LogP contribution in [0.4, 0.5) is 0 Å². The summed E-state index contributed by atoms with van der Waals surface area (Å²) in [7, 11) is -1.44.